The predicted octanol–water partition coefficient (Wildman–Crippen LogP) is 4.15. The van der Waals surface area contributed by atoms with E-state index in [1.165, 1.54) is 17.3 Å². The van der Waals surface area contributed by atoms with Crippen LogP contribution in [0.3, 0.4) is 0 Å². The van der Waals surface area contributed by atoms with Crippen molar-refractivity contribution in [2.24, 2.45) is 39.7 Å². The minimum Gasteiger partial charge on any atom is -0.480 e. The Kier molecular flexibility index (Phi) is 10.3. The fourth-order valence-corrected chi connectivity index (χ4v) is 9.05. The van der Waals surface area contributed by atoms with E-state index in [1.807, 2.05) is 6.26 Å². The van der Waals surface area contributed by atoms with Crippen molar-refractivity contribution < 1.29 is 29.4 Å². The molecule has 0 saturated heterocycles. The molecule has 9 nitrogen and oxygen atoms in total. The van der Waals surface area contributed by atoms with Gasteiger partial charge in [0.1, 0.15) is 17.7 Å². The van der Waals surface area contributed by atoms with E-state index in [9.17, 15) is 24.6 Å². The second kappa shape index (κ2) is 13.2. The Morgan fingerprint density at radius 3 is 2.51 bits per heavy atom. The first-order valence-corrected chi connectivity index (χ1v) is 17.1. The molecule has 10 heteroatoms. The van der Waals surface area contributed by atoms with Gasteiger partial charge in [0.15, 0.2) is 6.61 Å². The number of amides is 2. The summed E-state index contributed by atoms with van der Waals surface area (Å²) in [6.45, 7) is 7.84. The number of carbonyl (C=O) groups is 3. The quantitative estimate of drug-likeness (QED) is 0.202. The fourth-order valence-electron chi connectivity index (χ4n) is 8.57. The number of carboxylic acids is 1. The summed E-state index contributed by atoms with van der Waals surface area (Å²) in [6.07, 6.45) is 17.6. The number of nitrogens with zero attached hydrogens (tertiary/aromatic N) is 1. The van der Waals surface area contributed by atoms with Gasteiger partial charge in [-0.1, -0.05) is 44.3 Å². The van der Waals surface area contributed by atoms with Gasteiger partial charge in [0.2, 0.25) is 5.91 Å². The third kappa shape index (κ3) is 6.49. The Morgan fingerprint density at radius 2 is 1.86 bits per heavy atom. The molecule has 0 aromatic rings. The molecule has 8 atom stereocenters. The van der Waals surface area contributed by atoms with Crippen molar-refractivity contribution in [1.29, 1.82) is 0 Å². The molecular formula is C33H49N3O6S. The molecule has 0 heterocycles. The lowest BCUT2D eigenvalue weighted by atomic mass is 9.46. The highest BCUT2D eigenvalue weighted by Crippen LogP contribution is 2.67. The highest BCUT2D eigenvalue weighted by Gasteiger charge is 2.63. The van der Waals surface area contributed by atoms with Crippen molar-refractivity contribution in [2.75, 3.05) is 18.6 Å². The molecule has 3 fully saturated rings. The zero-order valence-corrected chi connectivity index (χ0v) is 27.1. The largest absolute Gasteiger partial charge is 0.480 e. The van der Waals surface area contributed by atoms with Gasteiger partial charge in [-0.15, -0.1) is 6.42 Å². The number of aliphatic hydroxyl groups is 1. The minimum absolute atomic E-state index is 0.0823. The number of terminal acetylenes is 1. The molecule has 4 aliphatic carbocycles. The molecule has 0 aliphatic heterocycles. The van der Waals surface area contributed by atoms with E-state index in [0.29, 0.717) is 36.3 Å². The molecule has 238 valence electrons. The van der Waals surface area contributed by atoms with Gasteiger partial charge in [0.25, 0.3) is 5.91 Å². The van der Waals surface area contributed by atoms with Crippen LogP contribution in [0.15, 0.2) is 16.8 Å². The maximum Gasteiger partial charge on any atom is 0.326 e. The van der Waals surface area contributed by atoms with Crippen molar-refractivity contribution in [3.05, 3.63) is 11.6 Å². The third-order valence-corrected chi connectivity index (χ3v) is 11.9. The number of nitrogens with one attached hydrogen (secondary N) is 2. The Bertz CT molecular complexity index is 1200. The van der Waals surface area contributed by atoms with Crippen molar-refractivity contribution >= 4 is 35.3 Å². The number of rotatable bonds is 11. The van der Waals surface area contributed by atoms with Crippen LogP contribution in [0.5, 0.6) is 0 Å². The normalized spacial score (nSPS) is 35.4. The van der Waals surface area contributed by atoms with Gasteiger partial charge in [-0.2, -0.15) is 11.8 Å². The molecule has 0 unspecified atom stereocenters. The van der Waals surface area contributed by atoms with Crippen LogP contribution in [0.2, 0.25) is 0 Å². The number of fused-ring (bicyclic) bond motifs is 5. The Balaban J connectivity index is 1.34. The number of carbonyl (C=O) groups excluding carboxylic acids is 2. The summed E-state index contributed by atoms with van der Waals surface area (Å²) < 4.78 is 0. The molecule has 2 amide bonds. The lowest BCUT2D eigenvalue weighted by molar-refractivity contribution is -0.142. The van der Waals surface area contributed by atoms with Crippen LogP contribution in [0.4, 0.5) is 0 Å². The Hall–Kier alpha value is -2.51. The van der Waals surface area contributed by atoms with Crippen LogP contribution in [-0.2, 0) is 19.2 Å². The second-order valence-electron chi connectivity index (χ2n) is 13.8. The highest BCUT2D eigenvalue weighted by atomic mass is 32.2. The number of carboxylic acid groups (broad SMARTS) is 1. The molecule has 0 aromatic carbocycles. The number of allylic oxidation sites excluding steroid dienone is 2. The smallest absolute Gasteiger partial charge is 0.326 e. The van der Waals surface area contributed by atoms with Gasteiger partial charge in [0, 0.05) is 5.41 Å². The third-order valence-electron chi connectivity index (χ3n) is 11.2. The Labute approximate surface area is 260 Å². The maximum absolute atomic E-state index is 12.8. The van der Waals surface area contributed by atoms with Gasteiger partial charge < -0.3 is 25.7 Å². The summed E-state index contributed by atoms with van der Waals surface area (Å²) in [7, 11) is 0. The number of oxime groups is 1. The molecule has 0 spiro atoms. The number of hydrogen-bond acceptors (Lipinski definition) is 7. The Morgan fingerprint density at radius 1 is 1.14 bits per heavy atom. The van der Waals surface area contributed by atoms with Gasteiger partial charge in [-0.05, 0) is 105 Å². The first-order chi connectivity index (χ1) is 20.3. The average Bonchev–Trinajstić information content (AvgIpc) is 3.24. The SMILES string of the molecule is C#C[C@@]1(O)CC[C@H]2[C@@H]3CCC4=C/C(=N\OCC(=O)N[C@H](C(=O)N[C@H](CCSC)C(=O)O)C(C)C)CC[C@]4(C)[C@H]3CC[C@@]21C. The monoisotopic (exact) mass is 615 g/mol. The van der Waals surface area contributed by atoms with Gasteiger partial charge in [0.05, 0.1) is 5.71 Å². The first-order valence-electron chi connectivity index (χ1n) is 15.7. The molecule has 43 heavy (non-hydrogen) atoms. The molecule has 4 aliphatic rings. The highest BCUT2D eigenvalue weighted by molar-refractivity contribution is 7.98. The van der Waals surface area contributed by atoms with E-state index >= 15 is 0 Å². The zero-order chi connectivity index (χ0) is 31.6. The van der Waals surface area contributed by atoms with Crippen molar-refractivity contribution in [3.63, 3.8) is 0 Å². The predicted molar refractivity (Wildman–Crippen MR) is 168 cm³/mol. The van der Waals surface area contributed by atoms with E-state index in [1.54, 1.807) is 13.8 Å². The van der Waals surface area contributed by atoms with Crippen LogP contribution in [-0.4, -0.2) is 70.0 Å². The summed E-state index contributed by atoms with van der Waals surface area (Å²) in [4.78, 5) is 42.5. The maximum atomic E-state index is 12.8. The van der Waals surface area contributed by atoms with Gasteiger partial charge >= 0.3 is 5.97 Å². The summed E-state index contributed by atoms with van der Waals surface area (Å²) in [5.74, 6) is 2.55. The number of hydrogen-bond donors (Lipinski definition) is 4. The van der Waals surface area contributed by atoms with Crippen LogP contribution in [0.1, 0.15) is 85.5 Å². The van der Waals surface area contributed by atoms with E-state index in [0.717, 1.165) is 50.7 Å². The lowest BCUT2D eigenvalue weighted by Crippen LogP contribution is -2.54. The van der Waals surface area contributed by atoms with E-state index in [4.69, 9.17) is 11.3 Å². The number of aliphatic carboxylic acids is 1. The van der Waals surface area contributed by atoms with Crippen LogP contribution in [0, 0.1) is 46.8 Å². The molecule has 3 saturated carbocycles. The standard InChI is InChI=1S/C33H49N3O6S/c1-7-33(41)16-12-25-23-9-8-21-18-22(10-14-31(21,4)24(23)11-15-32(25,33)5)36-42-19-27(37)35-28(20(2)3)29(38)34-26(30(39)40)13-17-43-6/h1,18,20,23-26,28,41H,8-17,19H2,2-6H3,(H,34,38)(H,35,37)(H,39,40)/b36-22-/t23-,24+,25+,26-,28+,31+,32+,33-/m1/s1. The number of thioether (sulfide) groups is 1. The second-order valence-corrected chi connectivity index (χ2v) is 14.8. The summed E-state index contributed by atoms with van der Waals surface area (Å²) in [5.41, 5.74) is 1.09. The van der Waals surface area contributed by atoms with Gasteiger partial charge in [-0.3, -0.25) is 9.59 Å². The van der Waals surface area contributed by atoms with E-state index in [-0.39, 0.29) is 23.4 Å². The molecule has 4 rings (SSSR count). The lowest BCUT2D eigenvalue weighted by Gasteiger charge is -2.58. The molecule has 0 aromatic heterocycles. The van der Waals surface area contributed by atoms with Gasteiger partial charge in [-0.25, -0.2) is 4.79 Å². The average molecular weight is 616 g/mol. The van der Waals surface area contributed by atoms with Crippen LogP contribution in [0.25, 0.3) is 0 Å². The summed E-state index contributed by atoms with van der Waals surface area (Å²) in [5, 5.41) is 30.2. The van der Waals surface area contributed by atoms with Crippen LogP contribution >= 0.6 is 11.8 Å². The fraction of sp³-hybridized carbons (Fsp3) is 0.758. The minimum atomic E-state index is -1.10. The summed E-state index contributed by atoms with van der Waals surface area (Å²) >= 11 is 1.50. The molecule has 0 bridgehead atoms. The van der Waals surface area contributed by atoms with E-state index in [2.05, 4.69) is 41.6 Å². The van der Waals surface area contributed by atoms with Crippen molar-refractivity contribution in [1.82, 2.24) is 10.6 Å². The van der Waals surface area contributed by atoms with Crippen LogP contribution < -0.4 is 10.6 Å². The molecule has 0 radical (unpaired) electrons. The van der Waals surface area contributed by atoms with Crippen molar-refractivity contribution in [3.8, 4) is 12.3 Å². The first kappa shape index (κ1) is 33.4. The summed E-state index contributed by atoms with van der Waals surface area (Å²) in [6, 6.07) is -1.90. The molecular weight excluding hydrogens is 566 g/mol. The zero-order valence-electron chi connectivity index (χ0n) is 26.3. The van der Waals surface area contributed by atoms with E-state index < -0.39 is 35.5 Å². The topological polar surface area (TPSA) is 137 Å². The molecule has 4 N–H and O–H groups in total. The van der Waals surface area contributed by atoms with Crippen molar-refractivity contribution in [2.45, 2.75) is 103 Å².